The van der Waals surface area contributed by atoms with Crippen LogP contribution in [0.4, 0.5) is 16.2 Å². The molecular formula is C11H15N3O4. The Balaban J connectivity index is 2.37. The maximum Gasteiger partial charge on any atom is 0.319 e. The third-order valence-electron chi connectivity index (χ3n) is 2.15. The Kier molecular flexibility index (Phi) is 5.59. The predicted molar refractivity (Wildman–Crippen MR) is 66.6 cm³/mol. The molecule has 0 atom stereocenters. The van der Waals surface area contributed by atoms with E-state index in [1.807, 2.05) is 0 Å². The molecule has 0 aliphatic carbocycles. The second-order valence-corrected chi connectivity index (χ2v) is 3.53. The lowest BCUT2D eigenvalue weighted by molar-refractivity contribution is -0.384. The predicted octanol–water partition coefficient (Wildman–Crippen LogP) is 1.75. The molecule has 7 nitrogen and oxygen atoms in total. The number of rotatable bonds is 6. The number of benzene rings is 1. The lowest BCUT2D eigenvalue weighted by Gasteiger charge is -2.06. The summed E-state index contributed by atoms with van der Waals surface area (Å²) in [5, 5.41) is 15.6. The van der Waals surface area contributed by atoms with Crippen LogP contribution < -0.4 is 10.6 Å². The van der Waals surface area contributed by atoms with E-state index < -0.39 is 4.92 Å². The first-order valence-corrected chi connectivity index (χ1v) is 5.41. The second kappa shape index (κ2) is 7.23. The Bertz CT molecular complexity index is 405. The molecule has 0 fully saturated rings. The van der Waals surface area contributed by atoms with E-state index in [9.17, 15) is 14.9 Å². The van der Waals surface area contributed by atoms with Crippen molar-refractivity contribution in [3.05, 3.63) is 34.4 Å². The minimum atomic E-state index is -0.491. The van der Waals surface area contributed by atoms with Gasteiger partial charge in [0, 0.05) is 38.1 Å². The summed E-state index contributed by atoms with van der Waals surface area (Å²) in [6, 6.07) is 5.28. The molecule has 0 aliphatic rings. The van der Waals surface area contributed by atoms with Gasteiger partial charge in [0.1, 0.15) is 0 Å². The van der Waals surface area contributed by atoms with E-state index >= 15 is 0 Å². The SMILES string of the molecule is COCCCNC(=O)Nc1ccc([N+](=O)[O-])cc1. The van der Waals surface area contributed by atoms with Gasteiger partial charge in [-0.2, -0.15) is 0 Å². The molecule has 0 aromatic heterocycles. The van der Waals surface area contributed by atoms with Crippen molar-refractivity contribution >= 4 is 17.4 Å². The summed E-state index contributed by atoms with van der Waals surface area (Å²) in [5.74, 6) is 0. The Morgan fingerprint density at radius 2 is 2.06 bits per heavy atom. The third kappa shape index (κ3) is 4.79. The maximum absolute atomic E-state index is 11.4. The fourth-order valence-electron chi connectivity index (χ4n) is 1.26. The van der Waals surface area contributed by atoms with Crippen molar-refractivity contribution in [1.29, 1.82) is 0 Å². The lowest BCUT2D eigenvalue weighted by Crippen LogP contribution is -2.29. The average molecular weight is 253 g/mol. The molecule has 0 unspecified atom stereocenters. The molecule has 0 saturated carbocycles. The van der Waals surface area contributed by atoms with Gasteiger partial charge in [-0.1, -0.05) is 0 Å². The minimum absolute atomic E-state index is 0.0129. The summed E-state index contributed by atoms with van der Waals surface area (Å²) in [4.78, 5) is 21.3. The van der Waals surface area contributed by atoms with Crippen molar-refractivity contribution in [2.75, 3.05) is 25.6 Å². The van der Waals surface area contributed by atoms with Gasteiger partial charge >= 0.3 is 6.03 Å². The van der Waals surface area contributed by atoms with Gasteiger partial charge in [0.25, 0.3) is 5.69 Å². The first-order chi connectivity index (χ1) is 8.63. The smallest absolute Gasteiger partial charge is 0.319 e. The summed E-state index contributed by atoms with van der Waals surface area (Å²) in [6.45, 7) is 1.09. The highest BCUT2D eigenvalue weighted by Gasteiger charge is 2.05. The highest BCUT2D eigenvalue weighted by atomic mass is 16.6. The van der Waals surface area contributed by atoms with Gasteiger partial charge in [-0.15, -0.1) is 0 Å². The number of non-ortho nitro benzene ring substituents is 1. The molecule has 1 rings (SSSR count). The van der Waals surface area contributed by atoms with Crippen molar-refractivity contribution in [1.82, 2.24) is 5.32 Å². The van der Waals surface area contributed by atoms with Crippen LogP contribution in [0, 0.1) is 10.1 Å². The number of nitrogens with one attached hydrogen (secondary N) is 2. The first-order valence-electron chi connectivity index (χ1n) is 5.41. The van der Waals surface area contributed by atoms with Crippen LogP contribution in [0.3, 0.4) is 0 Å². The normalized spacial score (nSPS) is 9.83. The number of ether oxygens (including phenoxy) is 1. The number of nitro groups is 1. The van der Waals surface area contributed by atoms with E-state index in [1.165, 1.54) is 24.3 Å². The molecule has 0 saturated heterocycles. The topological polar surface area (TPSA) is 93.5 Å². The summed E-state index contributed by atoms with van der Waals surface area (Å²) < 4.78 is 4.84. The maximum atomic E-state index is 11.4. The molecule has 18 heavy (non-hydrogen) atoms. The molecule has 2 N–H and O–H groups in total. The molecule has 0 radical (unpaired) electrons. The Hall–Kier alpha value is -2.15. The molecule has 1 aromatic carbocycles. The van der Waals surface area contributed by atoms with E-state index in [0.29, 0.717) is 18.8 Å². The van der Waals surface area contributed by atoms with Gasteiger partial charge in [-0.3, -0.25) is 10.1 Å². The van der Waals surface area contributed by atoms with E-state index in [0.717, 1.165) is 6.42 Å². The number of anilines is 1. The zero-order valence-corrected chi connectivity index (χ0v) is 10.0. The van der Waals surface area contributed by atoms with E-state index in [-0.39, 0.29) is 11.7 Å². The van der Waals surface area contributed by atoms with Crippen LogP contribution in [0.2, 0.25) is 0 Å². The number of carbonyl (C=O) groups is 1. The van der Waals surface area contributed by atoms with E-state index in [1.54, 1.807) is 7.11 Å². The Morgan fingerprint density at radius 3 is 2.61 bits per heavy atom. The number of nitrogens with zero attached hydrogens (tertiary/aromatic N) is 1. The van der Waals surface area contributed by atoms with Gasteiger partial charge in [0.15, 0.2) is 0 Å². The van der Waals surface area contributed by atoms with Crippen molar-refractivity contribution in [2.24, 2.45) is 0 Å². The fourth-order valence-corrected chi connectivity index (χ4v) is 1.26. The van der Waals surface area contributed by atoms with Crippen molar-refractivity contribution in [3.8, 4) is 0 Å². The lowest BCUT2D eigenvalue weighted by atomic mass is 10.3. The van der Waals surface area contributed by atoms with Crippen LogP contribution in [0.25, 0.3) is 0 Å². The molecule has 98 valence electrons. The van der Waals surface area contributed by atoms with Crippen LogP contribution in [0.1, 0.15) is 6.42 Å². The van der Waals surface area contributed by atoms with E-state index in [2.05, 4.69) is 10.6 Å². The van der Waals surface area contributed by atoms with Crippen LogP contribution in [0.5, 0.6) is 0 Å². The fraction of sp³-hybridized carbons (Fsp3) is 0.364. The summed E-state index contributed by atoms with van der Waals surface area (Å²) in [5.41, 5.74) is 0.492. The quantitative estimate of drug-likeness (QED) is 0.459. The number of hydrogen-bond donors (Lipinski definition) is 2. The number of nitro benzene ring substituents is 1. The molecule has 2 amide bonds. The number of amides is 2. The Labute approximate surface area is 104 Å². The second-order valence-electron chi connectivity index (χ2n) is 3.53. The van der Waals surface area contributed by atoms with Gasteiger partial charge in [0.2, 0.25) is 0 Å². The van der Waals surface area contributed by atoms with Crippen LogP contribution in [0.15, 0.2) is 24.3 Å². The summed E-state index contributed by atoms with van der Waals surface area (Å²) in [6.07, 6.45) is 0.726. The summed E-state index contributed by atoms with van der Waals surface area (Å²) >= 11 is 0. The van der Waals surface area contributed by atoms with Gasteiger partial charge in [0.05, 0.1) is 4.92 Å². The largest absolute Gasteiger partial charge is 0.385 e. The molecule has 0 aliphatic heterocycles. The molecule has 0 bridgehead atoms. The van der Waals surface area contributed by atoms with Gasteiger partial charge < -0.3 is 15.4 Å². The number of carbonyl (C=O) groups excluding carboxylic acids is 1. The average Bonchev–Trinajstić information content (AvgIpc) is 2.35. The highest BCUT2D eigenvalue weighted by molar-refractivity contribution is 5.89. The van der Waals surface area contributed by atoms with Crippen LogP contribution in [-0.2, 0) is 4.74 Å². The third-order valence-corrected chi connectivity index (χ3v) is 2.15. The van der Waals surface area contributed by atoms with Crippen molar-refractivity contribution < 1.29 is 14.5 Å². The minimum Gasteiger partial charge on any atom is -0.385 e. The van der Waals surface area contributed by atoms with Gasteiger partial charge in [-0.25, -0.2) is 4.79 Å². The highest BCUT2D eigenvalue weighted by Crippen LogP contribution is 2.14. The number of urea groups is 1. The molecule has 1 aromatic rings. The molecule has 7 heteroatoms. The Morgan fingerprint density at radius 1 is 1.39 bits per heavy atom. The van der Waals surface area contributed by atoms with Gasteiger partial charge in [-0.05, 0) is 18.6 Å². The molecular weight excluding hydrogens is 238 g/mol. The number of hydrogen-bond acceptors (Lipinski definition) is 4. The number of methoxy groups -OCH3 is 1. The molecule has 0 heterocycles. The van der Waals surface area contributed by atoms with Crippen molar-refractivity contribution in [3.63, 3.8) is 0 Å². The summed E-state index contributed by atoms with van der Waals surface area (Å²) in [7, 11) is 1.59. The molecule has 0 spiro atoms. The zero-order valence-electron chi connectivity index (χ0n) is 10.0. The van der Waals surface area contributed by atoms with Crippen LogP contribution in [-0.4, -0.2) is 31.2 Å². The standard InChI is InChI=1S/C11H15N3O4/c1-18-8-2-7-12-11(15)13-9-3-5-10(6-4-9)14(16)17/h3-6H,2,7-8H2,1H3,(H2,12,13,15). The monoisotopic (exact) mass is 253 g/mol. The first kappa shape index (κ1) is 13.9. The van der Waals surface area contributed by atoms with E-state index in [4.69, 9.17) is 4.74 Å². The van der Waals surface area contributed by atoms with Crippen LogP contribution >= 0.6 is 0 Å². The van der Waals surface area contributed by atoms with Crippen molar-refractivity contribution in [2.45, 2.75) is 6.42 Å². The zero-order chi connectivity index (χ0) is 13.4.